The summed E-state index contributed by atoms with van der Waals surface area (Å²) in [7, 11) is 1.59. The van der Waals surface area contributed by atoms with Crippen molar-refractivity contribution >= 4 is 44.4 Å². The number of para-hydroxylation sites is 1. The van der Waals surface area contributed by atoms with Crippen LogP contribution < -0.4 is 10.1 Å². The third-order valence-electron chi connectivity index (χ3n) is 5.88. The summed E-state index contributed by atoms with van der Waals surface area (Å²) < 4.78 is 48.4. The number of thiazole rings is 1. The topological polar surface area (TPSA) is 81.9 Å². The van der Waals surface area contributed by atoms with Crippen molar-refractivity contribution in [2.75, 3.05) is 18.2 Å². The van der Waals surface area contributed by atoms with E-state index in [1.54, 1.807) is 7.11 Å². The first-order valence-electron chi connectivity index (χ1n) is 11.8. The Morgan fingerprint density at radius 3 is 2.54 bits per heavy atom. The molecule has 0 spiro atoms. The number of fused-ring (bicyclic) bond motifs is 1. The van der Waals surface area contributed by atoms with E-state index >= 15 is 0 Å². The molecule has 0 aliphatic rings. The molecule has 200 valence electrons. The van der Waals surface area contributed by atoms with Gasteiger partial charge in [-0.3, -0.25) is 9.36 Å². The fraction of sp³-hybridized carbons (Fsp3) is 0.185. The molecule has 5 aromatic rings. The van der Waals surface area contributed by atoms with Gasteiger partial charge in [-0.25, -0.2) is 18.2 Å². The fourth-order valence-corrected chi connectivity index (χ4v) is 5.65. The lowest BCUT2D eigenvalue weighted by molar-refractivity contribution is -0.113. The molecule has 1 amide bonds. The molecule has 1 N–H and O–H groups in total. The van der Waals surface area contributed by atoms with Gasteiger partial charge in [-0.05, 0) is 47.9 Å². The molecule has 0 saturated heterocycles. The summed E-state index contributed by atoms with van der Waals surface area (Å²) in [5.41, 5.74) is 2.44. The zero-order valence-electron chi connectivity index (χ0n) is 21.0. The summed E-state index contributed by atoms with van der Waals surface area (Å²) in [5.74, 6) is -3.30. The maximum Gasteiger partial charge on any atom is 0.236 e. The van der Waals surface area contributed by atoms with E-state index in [1.165, 1.54) is 0 Å². The number of rotatable bonds is 8. The van der Waals surface area contributed by atoms with Gasteiger partial charge in [0.15, 0.2) is 33.6 Å². The summed E-state index contributed by atoms with van der Waals surface area (Å²) in [6.07, 6.45) is 0. The van der Waals surface area contributed by atoms with Crippen molar-refractivity contribution in [3.8, 4) is 22.8 Å². The molecular formula is C27H22F3N5O2S2. The Bertz CT molecular complexity index is 1670. The number of anilines is 1. The molecule has 39 heavy (non-hydrogen) atoms. The minimum Gasteiger partial charge on any atom is -0.497 e. The minimum atomic E-state index is -1.60. The van der Waals surface area contributed by atoms with Crippen molar-refractivity contribution in [2.45, 2.75) is 24.9 Å². The summed E-state index contributed by atoms with van der Waals surface area (Å²) in [5, 5.41) is 11.9. The summed E-state index contributed by atoms with van der Waals surface area (Å²) >= 11 is 2.01. The molecule has 2 aromatic heterocycles. The van der Waals surface area contributed by atoms with Gasteiger partial charge in [-0.15, -0.1) is 10.2 Å². The fourth-order valence-electron chi connectivity index (χ4n) is 4.00. The molecule has 0 fully saturated rings. The Labute approximate surface area is 230 Å². The van der Waals surface area contributed by atoms with Gasteiger partial charge in [-0.2, -0.15) is 0 Å². The van der Waals surface area contributed by atoms with E-state index in [0.29, 0.717) is 16.7 Å². The number of thioether (sulfide) groups is 1. The lowest BCUT2D eigenvalue weighted by Gasteiger charge is -2.17. The molecule has 0 radical (unpaired) electrons. The number of halogens is 3. The number of aromatic nitrogens is 4. The number of carbonyl (C=O) groups is 1. The van der Waals surface area contributed by atoms with E-state index in [-0.39, 0.29) is 27.0 Å². The van der Waals surface area contributed by atoms with Crippen LogP contribution in [0.25, 0.3) is 27.3 Å². The van der Waals surface area contributed by atoms with Crippen LogP contribution in [-0.2, 0) is 4.79 Å². The van der Waals surface area contributed by atoms with E-state index in [9.17, 15) is 18.0 Å². The normalized spacial score (nSPS) is 11.4. The van der Waals surface area contributed by atoms with E-state index < -0.39 is 23.4 Å². The molecule has 12 heteroatoms. The number of methoxy groups -OCH3 is 1. The van der Waals surface area contributed by atoms with Crippen LogP contribution >= 0.6 is 23.1 Å². The minimum absolute atomic E-state index is 0.0324. The molecule has 0 aliphatic carbocycles. The van der Waals surface area contributed by atoms with Gasteiger partial charge in [0.05, 0.1) is 23.2 Å². The second kappa shape index (κ2) is 11.1. The van der Waals surface area contributed by atoms with Crippen LogP contribution in [-0.4, -0.2) is 38.5 Å². The third-order valence-corrected chi connectivity index (χ3v) is 7.73. The maximum atomic E-state index is 14.0. The van der Waals surface area contributed by atoms with Crippen molar-refractivity contribution in [1.82, 2.24) is 19.7 Å². The zero-order valence-corrected chi connectivity index (χ0v) is 22.7. The second-order valence-electron chi connectivity index (χ2n) is 8.77. The molecule has 0 unspecified atom stereocenters. The van der Waals surface area contributed by atoms with Crippen LogP contribution in [0.15, 0.2) is 59.8 Å². The van der Waals surface area contributed by atoms with Gasteiger partial charge >= 0.3 is 0 Å². The first kappa shape index (κ1) is 26.7. The largest absolute Gasteiger partial charge is 0.497 e. The van der Waals surface area contributed by atoms with E-state index in [1.807, 2.05) is 53.1 Å². The summed E-state index contributed by atoms with van der Waals surface area (Å²) in [6, 6.07) is 16.2. The lowest BCUT2D eigenvalue weighted by Crippen LogP contribution is -2.14. The van der Waals surface area contributed by atoms with Crippen LogP contribution in [0.4, 0.5) is 18.3 Å². The van der Waals surface area contributed by atoms with Crippen molar-refractivity contribution in [1.29, 1.82) is 0 Å². The number of nitrogens with zero attached hydrogens (tertiary/aromatic N) is 4. The Morgan fingerprint density at radius 1 is 1.08 bits per heavy atom. The molecule has 0 saturated carbocycles. The molecule has 7 nitrogen and oxygen atoms in total. The number of ether oxygens (including phenoxy) is 1. The van der Waals surface area contributed by atoms with Crippen molar-refractivity contribution in [3.05, 3.63) is 77.6 Å². The van der Waals surface area contributed by atoms with E-state index in [2.05, 4.69) is 34.3 Å². The number of benzene rings is 3. The molecule has 0 atom stereocenters. The average Bonchev–Trinajstić information content (AvgIpc) is 3.54. The predicted octanol–water partition coefficient (Wildman–Crippen LogP) is 6.82. The van der Waals surface area contributed by atoms with Gasteiger partial charge < -0.3 is 10.1 Å². The first-order valence-corrected chi connectivity index (χ1v) is 13.6. The Balaban J connectivity index is 1.43. The molecule has 3 aromatic carbocycles. The second-order valence-corrected chi connectivity index (χ2v) is 10.7. The number of amides is 1. The van der Waals surface area contributed by atoms with Crippen molar-refractivity contribution < 1.29 is 22.7 Å². The van der Waals surface area contributed by atoms with Gasteiger partial charge in [-0.1, -0.05) is 55.1 Å². The number of hydrogen-bond acceptors (Lipinski definition) is 7. The van der Waals surface area contributed by atoms with Crippen molar-refractivity contribution in [2.24, 2.45) is 0 Å². The van der Waals surface area contributed by atoms with Gasteiger partial charge in [0, 0.05) is 5.56 Å². The smallest absolute Gasteiger partial charge is 0.236 e. The Morgan fingerprint density at radius 2 is 1.82 bits per heavy atom. The maximum absolute atomic E-state index is 14.0. The SMILES string of the molecule is COc1ccc(-c2nnc(SCC(=O)Nc3nc4c(F)c(F)c(F)cc4s3)n2-c2ccccc2C(C)C)cc1. The zero-order chi connectivity index (χ0) is 27.7. The molecule has 2 heterocycles. The van der Waals surface area contributed by atoms with Gasteiger partial charge in [0.1, 0.15) is 11.3 Å². The Hall–Kier alpha value is -3.90. The number of hydrogen-bond donors (Lipinski definition) is 1. The predicted molar refractivity (Wildman–Crippen MR) is 146 cm³/mol. The standard InChI is InChI=1S/C27H22F3N5O2S2/c1-14(2)17-6-4-5-7-19(17)35-25(15-8-10-16(37-3)11-9-15)33-34-27(35)38-13-21(36)31-26-32-24-20(39-26)12-18(28)22(29)23(24)30/h4-12,14H,13H2,1-3H3,(H,31,32,36). The highest BCUT2D eigenvalue weighted by atomic mass is 32.2. The van der Waals surface area contributed by atoms with Crippen LogP contribution in [0, 0.1) is 17.5 Å². The quantitative estimate of drug-likeness (QED) is 0.163. The lowest BCUT2D eigenvalue weighted by atomic mass is 10.0. The summed E-state index contributed by atoms with van der Waals surface area (Å²) in [6.45, 7) is 4.18. The molecule has 0 bridgehead atoms. The molecule has 5 rings (SSSR count). The highest BCUT2D eigenvalue weighted by Gasteiger charge is 2.22. The monoisotopic (exact) mass is 569 g/mol. The number of carbonyl (C=O) groups excluding carboxylic acids is 1. The Kier molecular flexibility index (Phi) is 7.58. The first-order chi connectivity index (χ1) is 18.8. The van der Waals surface area contributed by atoms with Crippen LogP contribution in [0.1, 0.15) is 25.3 Å². The molecular weight excluding hydrogens is 547 g/mol. The highest BCUT2D eigenvalue weighted by Crippen LogP contribution is 2.34. The molecule has 0 aliphatic heterocycles. The summed E-state index contributed by atoms with van der Waals surface area (Å²) in [4.78, 5) is 16.7. The number of nitrogens with one attached hydrogen (secondary N) is 1. The third kappa shape index (κ3) is 5.34. The van der Waals surface area contributed by atoms with Gasteiger partial charge in [0.25, 0.3) is 0 Å². The average molecular weight is 570 g/mol. The van der Waals surface area contributed by atoms with Gasteiger partial charge in [0.2, 0.25) is 5.91 Å². The van der Waals surface area contributed by atoms with Crippen LogP contribution in [0.3, 0.4) is 0 Å². The van der Waals surface area contributed by atoms with E-state index in [0.717, 1.165) is 46.0 Å². The van der Waals surface area contributed by atoms with Crippen LogP contribution in [0.5, 0.6) is 5.75 Å². The van der Waals surface area contributed by atoms with E-state index in [4.69, 9.17) is 4.74 Å². The van der Waals surface area contributed by atoms with Crippen molar-refractivity contribution in [3.63, 3.8) is 0 Å². The highest BCUT2D eigenvalue weighted by molar-refractivity contribution is 7.99. The van der Waals surface area contributed by atoms with Crippen LogP contribution in [0.2, 0.25) is 0 Å².